The predicted molar refractivity (Wildman–Crippen MR) is 115 cm³/mol. The van der Waals surface area contributed by atoms with Gasteiger partial charge in [-0.2, -0.15) is 0 Å². The van der Waals surface area contributed by atoms with Gasteiger partial charge in [-0.3, -0.25) is 14.2 Å². The molecule has 0 bridgehead atoms. The van der Waals surface area contributed by atoms with E-state index < -0.39 is 0 Å². The third kappa shape index (κ3) is 4.26. The number of aryl methyl sites for hydroxylation is 3. The van der Waals surface area contributed by atoms with Gasteiger partial charge in [0.05, 0.1) is 11.7 Å². The smallest absolute Gasteiger partial charge is 0.262 e. The molecule has 6 nitrogen and oxygen atoms in total. The molecule has 0 saturated heterocycles. The van der Waals surface area contributed by atoms with Gasteiger partial charge >= 0.3 is 0 Å². The van der Waals surface area contributed by atoms with Gasteiger partial charge in [0.2, 0.25) is 5.91 Å². The van der Waals surface area contributed by atoms with Crippen molar-refractivity contribution < 1.29 is 4.79 Å². The van der Waals surface area contributed by atoms with Crippen LogP contribution < -0.4 is 16.6 Å². The van der Waals surface area contributed by atoms with E-state index in [2.05, 4.69) is 10.3 Å². The molecule has 2 heterocycles. The second-order valence-electron chi connectivity index (χ2n) is 7.84. The maximum Gasteiger partial charge on any atom is 0.262 e. The molecule has 2 aromatic rings. The molecule has 3 N–H and O–H groups in total. The quantitative estimate of drug-likeness (QED) is 0.772. The zero-order valence-corrected chi connectivity index (χ0v) is 17.7. The Morgan fingerprint density at radius 2 is 2.04 bits per heavy atom. The van der Waals surface area contributed by atoms with Gasteiger partial charge in [0, 0.05) is 23.9 Å². The molecular formula is C20H29ClN4O2S. The minimum atomic E-state index is -0.000283. The molecule has 0 aliphatic heterocycles. The lowest BCUT2D eigenvalue weighted by atomic mass is 9.84. The van der Waals surface area contributed by atoms with Crippen molar-refractivity contribution in [2.75, 3.05) is 6.54 Å². The van der Waals surface area contributed by atoms with Crippen molar-refractivity contribution >= 4 is 39.9 Å². The fraction of sp³-hybridized carbons (Fsp3) is 0.650. The number of nitrogens with zero attached hydrogens (tertiary/aromatic N) is 2. The average Bonchev–Trinajstić information content (AvgIpc) is 3.07. The molecule has 2 aliphatic carbocycles. The van der Waals surface area contributed by atoms with E-state index in [9.17, 15) is 9.59 Å². The van der Waals surface area contributed by atoms with Crippen molar-refractivity contribution in [2.24, 2.45) is 11.7 Å². The van der Waals surface area contributed by atoms with Crippen LogP contribution in [0.25, 0.3) is 10.2 Å². The van der Waals surface area contributed by atoms with Crippen LogP contribution in [0.3, 0.4) is 0 Å². The van der Waals surface area contributed by atoms with Crippen LogP contribution in [0.2, 0.25) is 0 Å². The molecule has 28 heavy (non-hydrogen) atoms. The number of carbonyl (C=O) groups is 1. The van der Waals surface area contributed by atoms with Crippen molar-refractivity contribution in [1.82, 2.24) is 14.9 Å². The van der Waals surface area contributed by atoms with Crippen LogP contribution in [0.1, 0.15) is 55.4 Å². The van der Waals surface area contributed by atoms with Gasteiger partial charge in [0.15, 0.2) is 0 Å². The van der Waals surface area contributed by atoms with Crippen molar-refractivity contribution in [2.45, 2.75) is 70.4 Å². The van der Waals surface area contributed by atoms with Crippen molar-refractivity contribution in [3.63, 3.8) is 0 Å². The van der Waals surface area contributed by atoms with Gasteiger partial charge in [-0.1, -0.05) is 12.8 Å². The molecule has 0 spiro atoms. The molecule has 2 aliphatic rings. The minimum Gasteiger partial charge on any atom is -0.353 e. The van der Waals surface area contributed by atoms with E-state index in [0.29, 0.717) is 25.4 Å². The van der Waals surface area contributed by atoms with Crippen LogP contribution in [0.4, 0.5) is 0 Å². The SMILES string of the molecule is Cl.NCC1CCCCC1NC(=O)CCn1cnc2sc3c(c2c1=O)CCCC3. The highest BCUT2D eigenvalue weighted by Gasteiger charge is 2.25. The molecule has 8 heteroatoms. The number of hydrogen-bond acceptors (Lipinski definition) is 5. The lowest BCUT2D eigenvalue weighted by Crippen LogP contribution is -2.45. The lowest BCUT2D eigenvalue weighted by molar-refractivity contribution is -0.122. The third-order valence-electron chi connectivity index (χ3n) is 6.08. The standard InChI is InChI=1S/C20H28N4O2S.ClH/c21-11-13-5-1-3-7-15(13)23-17(25)9-10-24-12-22-19-18(20(24)26)14-6-2-4-8-16(14)27-19;/h12-13,15H,1-11,21H2,(H,23,25);1H. The van der Waals surface area contributed by atoms with Gasteiger partial charge < -0.3 is 11.1 Å². The Labute approximate surface area is 175 Å². The Hall–Kier alpha value is -1.44. The Morgan fingerprint density at radius 1 is 1.25 bits per heavy atom. The van der Waals surface area contributed by atoms with Crippen molar-refractivity contribution in [3.05, 3.63) is 27.1 Å². The second-order valence-corrected chi connectivity index (χ2v) is 8.92. The predicted octanol–water partition coefficient (Wildman–Crippen LogP) is 2.78. The largest absolute Gasteiger partial charge is 0.353 e. The van der Waals surface area contributed by atoms with Gasteiger partial charge in [-0.05, 0) is 56.6 Å². The Balaban J connectivity index is 0.00000225. The molecule has 0 radical (unpaired) electrons. The molecule has 0 aromatic carbocycles. The highest BCUT2D eigenvalue weighted by molar-refractivity contribution is 7.18. The third-order valence-corrected chi connectivity index (χ3v) is 7.28. The summed E-state index contributed by atoms with van der Waals surface area (Å²) in [5, 5.41) is 3.92. The summed E-state index contributed by atoms with van der Waals surface area (Å²) in [7, 11) is 0. The van der Waals surface area contributed by atoms with E-state index in [1.54, 1.807) is 22.2 Å². The molecule has 2 atom stereocenters. The zero-order valence-electron chi connectivity index (χ0n) is 16.1. The summed E-state index contributed by atoms with van der Waals surface area (Å²) in [6.07, 6.45) is 10.7. The number of fused-ring (bicyclic) bond motifs is 3. The molecule has 1 saturated carbocycles. The van der Waals surface area contributed by atoms with Gasteiger partial charge in [-0.25, -0.2) is 4.98 Å². The highest BCUT2D eigenvalue weighted by atomic mass is 35.5. The first kappa shape index (κ1) is 21.3. The second kappa shape index (κ2) is 9.37. The summed E-state index contributed by atoms with van der Waals surface area (Å²) in [6, 6.07) is 0.178. The molecular weight excluding hydrogens is 396 g/mol. The maximum absolute atomic E-state index is 12.9. The number of amides is 1. The molecule has 4 rings (SSSR count). The molecule has 1 fully saturated rings. The summed E-state index contributed by atoms with van der Waals surface area (Å²) < 4.78 is 1.60. The average molecular weight is 425 g/mol. The first-order chi connectivity index (χ1) is 13.2. The number of aromatic nitrogens is 2. The molecule has 2 unspecified atom stereocenters. The number of nitrogens with two attached hydrogens (primary N) is 1. The van der Waals surface area contributed by atoms with E-state index in [0.717, 1.165) is 48.7 Å². The Kier molecular flexibility index (Phi) is 7.12. The Morgan fingerprint density at radius 3 is 2.86 bits per heavy atom. The number of nitrogens with one attached hydrogen (secondary N) is 1. The van der Waals surface area contributed by atoms with Gasteiger partial charge in [0.25, 0.3) is 5.56 Å². The molecule has 1 amide bonds. The summed E-state index contributed by atoms with van der Waals surface area (Å²) in [5.41, 5.74) is 7.05. The van der Waals surface area contributed by atoms with E-state index in [1.807, 2.05) is 0 Å². The Bertz CT molecular complexity index is 894. The van der Waals surface area contributed by atoms with E-state index in [-0.39, 0.29) is 29.9 Å². The summed E-state index contributed by atoms with van der Waals surface area (Å²) in [5.74, 6) is 0.375. The lowest BCUT2D eigenvalue weighted by Gasteiger charge is -2.31. The summed E-state index contributed by atoms with van der Waals surface area (Å²) >= 11 is 1.66. The number of carbonyl (C=O) groups excluding carboxylic acids is 1. The highest BCUT2D eigenvalue weighted by Crippen LogP contribution is 2.33. The van der Waals surface area contributed by atoms with Crippen LogP contribution >= 0.6 is 23.7 Å². The first-order valence-electron chi connectivity index (χ1n) is 10.2. The number of thiophene rings is 1. The van der Waals surface area contributed by atoms with Crippen molar-refractivity contribution in [3.8, 4) is 0 Å². The topological polar surface area (TPSA) is 90.0 Å². The first-order valence-corrected chi connectivity index (χ1v) is 11.0. The number of hydrogen-bond donors (Lipinski definition) is 2. The number of halogens is 1. The summed E-state index contributed by atoms with van der Waals surface area (Å²) in [4.78, 5) is 32.0. The maximum atomic E-state index is 12.9. The van der Waals surface area contributed by atoms with Crippen molar-refractivity contribution in [1.29, 1.82) is 0 Å². The number of rotatable bonds is 5. The van der Waals surface area contributed by atoms with Gasteiger partial charge in [0.1, 0.15) is 4.83 Å². The molecule has 154 valence electrons. The monoisotopic (exact) mass is 424 g/mol. The van der Waals surface area contributed by atoms with E-state index in [1.165, 1.54) is 23.3 Å². The normalized spacial score (nSPS) is 21.8. The fourth-order valence-electron chi connectivity index (χ4n) is 4.52. The van der Waals surface area contributed by atoms with E-state index >= 15 is 0 Å². The van der Waals surface area contributed by atoms with E-state index in [4.69, 9.17) is 5.73 Å². The van der Waals surface area contributed by atoms with Crippen LogP contribution in [0.15, 0.2) is 11.1 Å². The van der Waals surface area contributed by atoms with Crippen LogP contribution in [0, 0.1) is 5.92 Å². The fourth-order valence-corrected chi connectivity index (χ4v) is 5.74. The van der Waals surface area contributed by atoms with Crippen LogP contribution in [-0.2, 0) is 24.2 Å². The molecule has 2 aromatic heterocycles. The summed E-state index contributed by atoms with van der Waals surface area (Å²) in [6.45, 7) is 0.993. The van der Waals surface area contributed by atoms with Crippen LogP contribution in [0.5, 0.6) is 0 Å². The van der Waals surface area contributed by atoms with Gasteiger partial charge in [-0.15, -0.1) is 23.7 Å². The zero-order chi connectivity index (χ0) is 18.8. The minimum absolute atomic E-state index is 0. The van der Waals surface area contributed by atoms with Crippen LogP contribution in [-0.4, -0.2) is 28.0 Å².